The summed E-state index contributed by atoms with van der Waals surface area (Å²) >= 11 is 0. The minimum atomic E-state index is -1.00. The van der Waals surface area contributed by atoms with Crippen LogP contribution in [0.1, 0.15) is 12.5 Å². The number of hydrogen-bond donors (Lipinski definition) is 1. The van der Waals surface area contributed by atoms with Gasteiger partial charge >= 0.3 is 5.97 Å². The first-order chi connectivity index (χ1) is 8.13. The van der Waals surface area contributed by atoms with Crippen LogP contribution in [-0.4, -0.2) is 20.6 Å². The van der Waals surface area contributed by atoms with E-state index < -0.39 is 11.5 Å². The largest absolute Gasteiger partial charge is 0.479 e. The van der Waals surface area contributed by atoms with Crippen molar-refractivity contribution in [3.63, 3.8) is 0 Å². The van der Waals surface area contributed by atoms with Crippen LogP contribution in [0.15, 0.2) is 49.1 Å². The maximum Gasteiger partial charge on any atom is 0.329 e. The highest BCUT2D eigenvalue weighted by Gasteiger charge is 2.34. The Morgan fingerprint density at radius 3 is 2.65 bits per heavy atom. The maximum atomic E-state index is 11.5. The van der Waals surface area contributed by atoms with Gasteiger partial charge < -0.3 is 9.67 Å². The van der Waals surface area contributed by atoms with Gasteiger partial charge in [0.2, 0.25) is 0 Å². The van der Waals surface area contributed by atoms with Crippen LogP contribution in [0.5, 0.6) is 0 Å². The van der Waals surface area contributed by atoms with E-state index in [0.29, 0.717) is 6.42 Å². The lowest BCUT2D eigenvalue weighted by Crippen LogP contribution is -2.40. The molecule has 0 spiro atoms. The van der Waals surface area contributed by atoms with Crippen molar-refractivity contribution in [3.8, 4) is 0 Å². The van der Waals surface area contributed by atoms with Gasteiger partial charge in [0.1, 0.15) is 5.54 Å². The van der Waals surface area contributed by atoms with Gasteiger partial charge in [0.05, 0.1) is 6.33 Å². The SMILES string of the molecule is CC(Cc1ccccc1)(C(=O)O)n1ccnc1. The molecule has 1 heterocycles. The summed E-state index contributed by atoms with van der Waals surface area (Å²) in [5, 5.41) is 9.42. The third-order valence-corrected chi connectivity index (χ3v) is 2.93. The van der Waals surface area contributed by atoms with Crippen LogP contribution in [0.3, 0.4) is 0 Å². The molecule has 17 heavy (non-hydrogen) atoms. The van der Waals surface area contributed by atoms with E-state index in [1.807, 2.05) is 30.3 Å². The highest BCUT2D eigenvalue weighted by molar-refractivity contribution is 5.76. The van der Waals surface area contributed by atoms with Gasteiger partial charge in [0, 0.05) is 18.8 Å². The number of imidazole rings is 1. The van der Waals surface area contributed by atoms with Crippen LogP contribution in [0.2, 0.25) is 0 Å². The Morgan fingerprint density at radius 1 is 1.41 bits per heavy atom. The molecule has 0 fully saturated rings. The Morgan fingerprint density at radius 2 is 2.12 bits per heavy atom. The number of carboxylic acid groups (broad SMARTS) is 1. The third-order valence-electron chi connectivity index (χ3n) is 2.93. The summed E-state index contributed by atoms with van der Waals surface area (Å²) in [7, 11) is 0. The normalized spacial score (nSPS) is 14.2. The molecule has 1 unspecified atom stereocenters. The number of aliphatic carboxylic acids is 1. The quantitative estimate of drug-likeness (QED) is 0.873. The monoisotopic (exact) mass is 230 g/mol. The Kier molecular flexibility index (Phi) is 2.95. The molecule has 0 aliphatic carbocycles. The topological polar surface area (TPSA) is 55.1 Å². The number of carboxylic acids is 1. The first kappa shape index (κ1) is 11.4. The average molecular weight is 230 g/mol. The summed E-state index contributed by atoms with van der Waals surface area (Å²) in [4.78, 5) is 15.4. The molecule has 88 valence electrons. The molecule has 0 saturated heterocycles. The number of benzene rings is 1. The number of carbonyl (C=O) groups is 1. The van der Waals surface area contributed by atoms with Gasteiger partial charge in [-0.2, -0.15) is 0 Å². The van der Waals surface area contributed by atoms with E-state index in [0.717, 1.165) is 5.56 Å². The molecule has 0 radical (unpaired) electrons. The van der Waals surface area contributed by atoms with Crippen LogP contribution in [-0.2, 0) is 16.8 Å². The van der Waals surface area contributed by atoms with Gasteiger partial charge in [-0.3, -0.25) is 0 Å². The van der Waals surface area contributed by atoms with E-state index in [2.05, 4.69) is 4.98 Å². The van der Waals surface area contributed by atoms with Crippen LogP contribution >= 0.6 is 0 Å². The molecule has 0 bridgehead atoms. The Hall–Kier alpha value is -2.10. The van der Waals surface area contributed by atoms with E-state index in [1.54, 1.807) is 23.9 Å². The van der Waals surface area contributed by atoms with Gasteiger partial charge in [-0.1, -0.05) is 30.3 Å². The van der Waals surface area contributed by atoms with Crippen molar-refractivity contribution in [2.24, 2.45) is 0 Å². The molecule has 0 amide bonds. The molecular weight excluding hydrogens is 216 g/mol. The fourth-order valence-corrected chi connectivity index (χ4v) is 1.82. The first-order valence-corrected chi connectivity index (χ1v) is 5.39. The third kappa shape index (κ3) is 2.20. The van der Waals surface area contributed by atoms with Crippen LogP contribution < -0.4 is 0 Å². The first-order valence-electron chi connectivity index (χ1n) is 5.39. The molecule has 2 aromatic rings. The summed E-state index contributed by atoms with van der Waals surface area (Å²) in [6, 6.07) is 9.59. The zero-order valence-electron chi connectivity index (χ0n) is 9.58. The molecule has 1 N–H and O–H groups in total. The summed E-state index contributed by atoms with van der Waals surface area (Å²) < 4.78 is 1.63. The highest BCUT2D eigenvalue weighted by Crippen LogP contribution is 2.22. The zero-order chi connectivity index (χ0) is 12.3. The van der Waals surface area contributed by atoms with Gasteiger partial charge in [0.25, 0.3) is 0 Å². The molecule has 4 nitrogen and oxygen atoms in total. The molecule has 0 aliphatic rings. The lowest BCUT2D eigenvalue weighted by Gasteiger charge is -2.26. The molecule has 1 aromatic heterocycles. The Labute approximate surface area is 99.5 Å². The van der Waals surface area contributed by atoms with Crippen molar-refractivity contribution in [1.29, 1.82) is 0 Å². The second kappa shape index (κ2) is 4.41. The predicted octanol–water partition coefficient (Wildman–Crippen LogP) is 1.93. The number of aromatic nitrogens is 2. The maximum absolute atomic E-state index is 11.5. The molecule has 0 aliphatic heterocycles. The molecule has 0 saturated carbocycles. The second-order valence-electron chi connectivity index (χ2n) is 4.21. The van der Waals surface area contributed by atoms with E-state index in [1.165, 1.54) is 6.33 Å². The van der Waals surface area contributed by atoms with E-state index in [-0.39, 0.29) is 0 Å². The standard InChI is InChI=1S/C13H14N2O2/c1-13(12(16)17,15-8-7-14-10-15)9-11-5-3-2-4-6-11/h2-8,10H,9H2,1H3,(H,16,17). The minimum Gasteiger partial charge on any atom is -0.479 e. The molecule has 1 aromatic carbocycles. The van der Waals surface area contributed by atoms with E-state index >= 15 is 0 Å². The fraction of sp³-hybridized carbons (Fsp3) is 0.231. The summed E-state index contributed by atoms with van der Waals surface area (Å²) in [6.45, 7) is 1.70. The molecule has 4 heteroatoms. The molecular formula is C13H14N2O2. The fourth-order valence-electron chi connectivity index (χ4n) is 1.82. The Balaban J connectivity index is 2.34. The van der Waals surface area contributed by atoms with Gasteiger partial charge in [-0.05, 0) is 12.5 Å². The van der Waals surface area contributed by atoms with Crippen LogP contribution in [0.25, 0.3) is 0 Å². The Bertz CT molecular complexity index is 493. The van der Waals surface area contributed by atoms with Crippen molar-refractivity contribution in [1.82, 2.24) is 9.55 Å². The number of nitrogens with zero attached hydrogens (tertiary/aromatic N) is 2. The van der Waals surface area contributed by atoms with Crippen LogP contribution in [0, 0.1) is 0 Å². The second-order valence-corrected chi connectivity index (χ2v) is 4.21. The summed E-state index contributed by atoms with van der Waals surface area (Å²) in [5.74, 6) is -0.862. The van der Waals surface area contributed by atoms with Crippen molar-refractivity contribution < 1.29 is 9.90 Å². The highest BCUT2D eigenvalue weighted by atomic mass is 16.4. The average Bonchev–Trinajstić information content (AvgIpc) is 2.84. The van der Waals surface area contributed by atoms with E-state index in [4.69, 9.17) is 0 Å². The smallest absolute Gasteiger partial charge is 0.329 e. The van der Waals surface area contributed by atoms with E-state index in [9.17, 15) is 9.90 Å². The molecule has 2 rings (SSSR count). The van der Waals surface area contributed by atoms with Crippen molar-refractivity contribution in [2.75, 3.05) is 0 Å². The lowest BCUT2D eigenvalue weighted by molar-refractivity contribution is -0.146. The number of hydrogen-bond acceptors (Lipinski definition) is 2. The number of rotatable bonds is 4. The van der Waals surface area contributed by atoms with Gasteiger partial charge in [0.15, 0.2) is 0 Å². The summed E-state index contributed by atoms with van der Waals surface area (Å²) in [5.41, 5.74) is -0.0104. The minimum absolute atomic E-state index is 0.430. The van der Waals surface area contributed by atoms with Crippen LogP contribution in [0.4, 0.5) is 0 Å². The van der Waals surface area contributed by atoms with Gasteiger partial charge in [-0.15, -0.1) is 0 Å². The van der Waals surface area contributed by atoms with Crippen molar-refractivity contribution >= 4 is 5.97 Å². The van der Waals surface area contributed by atoms with Gasteiger partial charge in [-0.25, -0.2) is 9.78 Å². The zero-order valence-corrected chi connectivity index (χ0v) is 9.58. The predicted molar refractivity (Wildman–Crippen MR) is 63.7 cm³/mol. The van der Waals surface area contributed by atoms with Crippen molar-refractivity contribution in [3.05, 3.63) is 54.6 Å². The van der Waals surface area contributed by atoms with Crippen molar-refractivity contribution in [2.45, 2.75) is 18.9 Å². The molecule has 1 atom stereocenters. The lowest BCUT2D eigenvalue weighted by atomic mass is 9.92. The summed E-state index contributed by atoms with van der Waals surface area (Å²) in [6.07, 6.45) is 5.24.